The van der Waals surface area contributed by atoms with E-state index in [0.29, 0.717) is 5.92 Å². The van der Waals surface area contributed by atoms with Crippen LogP contribution in [0.15, 0.2) is 21.2 Å². The largest absolute Gasteiger partial charge is 0.373 e. The molecule has 2 aromatic rings. The van der Waals surface area contributed by atoms with Crippen LogP contribution >= 0.6 is 23.1 Å². The summed E-state index contributed by atoms with van der Waals surface area (Å²) in [6, 6.07) is 0. The highest BCUT2D eigenvalue weighted by atomic mass is 32.2. The third-order valence-electron chi connectivity index (χ3n) is 2.19. The van der Waals surface area contributed by atoms with E-state index < -0.39 is 0 Å². The van der Waals surface area contributed by atoms with Gasteiger partial charge in [-0.15, -0.1) is 10.2 Å². The van der Waals surface area contributed by atoms with Crippen molar-refractivity contribution in [3.05, 3.63) is 17.4 Å². The van der Waals surface area contributed by atoms with Gasteiger partial charge in [0, 0.05) is 12.6 Å². The molecule has 0 unspecified atom stereocenters. The highest BCUT2D eigenvalue weighted by Gasteiger charge is 2.16. The van der Waals surface area contributed by atoms with Gasteiger partial charge in [-0.3, -0.25) is 0 Å². The van der Waals surface area contributed by atoms with Crippen LogP contribution in [0.1, 0.15) is 25.3 Å². The lowest BCUT2D eigenvalue weighted by atomic mass is 10.1. The van der Waals surface area contributed by atoms with Crippen LogP contribution in [0.25, 0.3) is 0 Å². The number of nitrogens with one attached hydrogen (secondary N) is 1. The van der Waals surface area contributed by atoms with E-state index in [0.717, 1.165) is 20.7 Å². The van der Waals surface area contributed by atoms with Crippen LogP contribution in [0.3, 0.4) is 0 Å². The average molecular weight is 267 g/mol. The van der Waals surface area contributed by atoms with E-state index in [1.807, 2.05) is 7.05 Å². The molecular weight excluding hydrogens is 254 g/mol. The molecular formula is C10H13N5S2. The van der Waals surface area contributed by atoms with E-state index in [4.69, 9.17) is 0 Å². The molecule has 90 valence electrons. The third-order valence-corrected chi connectivity index (χ3v) is 3.98. The van der Waals surface area contributed by atoms with Crippen molar-refractivity contribution in [2.75, 3.05) is 12.4 Å². The molecule has 0 aliphatic rings. The summed E-state index contributed by atoms with van der Waals surface area (Å²) in [6.07, 6.45) is 1.57. The van der Waals surface area contributed by atoms with Crippen LogP contribution < -0.4 is 5.32 Å². The Balaban J connectivity index is 2.39. The van der Waals surface area contributed by atoms with Gasteiger partial charge in [0.05, 0.1) is 0 Å². The first kappa shape index (κ1) is 12.3. The zero-order valence-electron chi connectivity index (χ0n) is 9.84. The summed E-state index contributed by atoms with van der Waals surface area (Å²) < 4.78 is 0.896. The zero-order chi connectivity index (χ0) is 12.3. The van der Waals surface area contributed by atoms with Gasteiger partial charge in [-0.05, 0) is 17.7 Å². The predicted octanol–water partition coefficient (Wildman–Crippen LogP) is 2.64. The fourth-order valence-corrected chi connectivity index (χ4v) is 3.10. The molecule has 0 radical (unpaired) electrons. The molecule has 0 aromatic carbocycles. The Kier molecular flexibility index (Phi) is 3.90. The van der Waals surface area contributed by atoms with Crippen molar-refractivity contribution in [3.63, 3.8) is 0 Å². The van der Waals surface area contributed by atoms with E-state index in [2.05, 4.69) is 39.3 Å². The van der Waals surface area contributed by atoms with Gasteiger partial charge >= 0.3 is 0 Å². The molecule has 0 amide bonds. The molecule has 1 N–H and O–H groups in total. The monoisotopic (exact) mass is 267 g/mol. The summed E-state index contributed by atoms with van der Waals surface area (Å²) in [5.74, 6) is 1.23. The number of hydrogen-bond acceptors (Lipinski definition) is 7. The molecule has 5 nitrogen and oxygen atoms in total. The van der Waals surface area contributed by atoms with Gasteiger partial charge < -0.3 is 5.32 Å². The maximum Gasteiger partial charge on any atom is 0.180 e. The molecule has 0 spiro atoms. The summed E-state index contributed by atoms with van der Waals surface area (Å²) in [5, 5.41) is 11.9. The van der Waals surface area contributed by atoms with Gasteiger partial charge in [0.15, 0.2) is 4.34 Å². The minimum absolute atomic E-state index is 0.356. The van der Waals surface area contributed by atoms with Crippen LogP contribution in [-0.2, 0) is 0 Å². The Bertz CT molecular complexity index is 483. The Morgan fingerprint density at radius 3 is 2.76 bits per heavy atom. The second kappa shape index (κ2) is 5.42. The predicted molar refractivity (Wildman–Crippen MR) is 69.7 cm³/mol. The molecule has 0 bridgehead atoms. The molecule has 0 saturated heterocycles. The lowest BCUT2D eigenvalue weighted by Crippen LogP contribution is -2.03. The van der Waals surface area contributed by atoms with Crippen LogP contribution in [-0.4, -0.2) is 27.2 Å². The number of anilines is 1. The number of nitrogens with zero attached hydrogens (tertiary/aromatic N) is 4. The molecule has 2 rings (SSSR count). The second-order valence-corrected chi connectivity index (χ2v) is 5.72. The lowest BCUT2D eigenvalue weighted by Gasteiger charge is -2.13. The highest BCUT2D eigenvalue weighted by molar-refractivity contribution is 8.01. The van der Waals surface area contributed by atoms with Crippen molar-refractivity contribution in [2.45, 2.75) is 29.1 Å². The minimum Gasteiger partial charge on any atom is -0.373 e. The summed E-state index contributed by atoms with van der Waals surface area (Å²) in [4.78, 5) is 8.57. The quantitative estimate of drug-likeness (QED) is 0.859. The maximum atomic E-state index is 4.33. The van der Waals surface area contributed by atoms with Crippen LogP contribution in [0, 0.1) is 0 Å². The van der Waals surface area contributed by atoms with E-state index in [1.54, 1.807) is 11.8 Å². The average Bonchev–Trinajstić information content (AvgIpc) is 2.81. The van der Waals surface area contributed by atoms with Gasteiger partial charge in [0.2, 0.25) is 0 Å². The van der Waals surface area contributed by atoms with E-state index in [9.17, 15) is 0 Å². The van der Waals surface area contributed by atoms with Gasteiger partial charge in [0.1, 0.15) is 22.7 Å². The second-order valence-electron chi connectivity index (χ2n) is 3.65. The van der Waals surface area contributed by atoms with Crippen molar-refractivity contribution < 1.29 is 0 Å². The van der Waals surface area contributed by atoms with E-state index >= 15 is 0 Å². The Labute approximate surface area is 108 Å². The molecule has 2 aromatic heterocycles. The van der Waals surface area contributed by atoms with E-state index in [1.165, 1.54) is 23.1 Å². The first-order valence-corrected chi connectivity index (χ1v) is 6.88. The van der Waals surface area contributed by atoms with Crippen LogP contribution in [0.4, 0.5) is 5.82 Å². The summed E-state index contributed by atoms with van der Waals surface area (Å²) in [7, 11) is 1.87. The molecule has 17 heavy (non-hydrogen) atoms. The minimum atomic E-state index is 0.356. The van der Waals surface area contributed by atoms with Crippen molar-refractivity contribution in [1.29, 1.82) is 0 Å². The van der Waals surface area contributed by atoms with Crippen molar-refractivity contribution in [3.8, 4) is 0 Å². The molecule has 0 aliphatic carbocycles. The smallest absolute Gasteiger partial charge is 0.180 e. The first-order chi connectivity index (χ1) is 8.22. The van der Waals surface area contributed by atoms with Gasteiger partial charge in [-0.25, -0.2) is 9.97 Å². The van der Waals surface area contributed by atoms with Crippen molar-refractivity contribution in [2.24, 2.45) is 0 Å². The van der Waals surface area contributed by atoms with Gasteiger partial charge in [-0.1, -0.05) is 25.2 Å². The lowest BCUT2D eigenvalue weighted by molar-refractivity contribution is 0.805. The standard InChI is InChI=1S/C10H13N5S2/c1-6(2)7-8(11-3)12-4-13-9(7)17-10-15-14-5-16-10/h4-6H,1-3H3,(H,11,12,13). The Morgan fingerprint density at radius 1 is 1.35 bits per heavy atom. The van der Waals surface area contributed by atoms with Crippen molar-refractivity contribution in [1.82, 2.24) is 20.2 Å². The molecule has 2 heterocycles. The SMILES string of the molecule is CNc1ncnc(Sc2nncs2)c1C(C)C. The zero-order valence-corrected chi connectivity index (χ0v) is 11.5. The normalized spacial score (nSPS) is 10.8. The summed E-state index contributed by atoms with van der Waals surface area (Å²) in [5.41, 5.74) is 2.84. The fourth-order valence-electron chi connectivity index (χ4n) is 1.47. The Hall–Kier alpha value is -1.21. The van der Waals surface area contributed by atoms with Gasteiger partial charge in [-0.2, -0.15) is 0 Å². The summed E-state index contributed by atoms with van der Waals surface area (Å²) in [6.45, 7) is 4.26. The number of aromatic nitrogens is 4. The maximum absolute atomic E-state index is 4.33. The molecule has 0 atom stereocenters. The van der Waals surface area contributed by atoms with Crippen LogP contribution in [0.5, 0.6) is 0 Å². The molecule has 0 saturated carbocycles. The van der Waals surface area contributed by atoms with E-state index in [-0.39, 0.29) is 0 Å². The number of rotatable bonds is 4. The topological polar surface area (TPSA) is 63.6 Å². The Morgan fingerprint density at radius 2 is 2.18 bits per heavy atom. The van der Waals surface area contributed by atoms with Crippen LogP contribution in [0.2, 0.25) is 0 Å². The van der Waals surface area contributed by atoms with Gasteiger partial charge in [0.25, 0.3) is 0 Å². The highest BCUT2D eigenvalue weighted by Crippen LogP contribution is 2.35. The molecule has 0 fully saturated rings. The summed E-state index contributed by atoms with van der Waals surface area (Å²) >= 11 is 3.04. The number of hydrogen-bond donors (Lipinski definition) is 1. The third kappa shape index (κ3) is 2.73. The molecule has 7 heteroatoms. The molecule has 0 aliphatic heterocycles. The fraction of sp³-hybridized carbons (Fsp3) is 0.400. The van der Waals surface area contributed by atoms with Crippen molar-refractivity contribution >= 4 is 28.9 Å². The first-order valence-electron chi connectivity index (χ1n) is 5.19.